The second kappa shape index (κ2) is 6.64. The predicted octanol–water partition coefficient (Wildman–Crippen LogP) is 2.54. The Hall–Kier alpha value is -2.64. The van der Waals surface area contributed by atoms with Gasteiger partial charge in [-0.15, -0.1) is 0 Å². The molecule has 2 aromatic rings. The van der Waals surface area contributed by atoms with Crippen molar-refractivity contribution < 1.29 is 27.6 Å². The van der Waals surface area contributed by atoms with E-state index in [4.69, 9.17) is 9.29 Å². The van der Waals surface area contributed by atoms with Crippen molar-refractivity contribution >= 4 is 22.0 Å². The summed E-state index contributed by atoms with van der Waals surface area (Å²) >= 11 is 0. The number of carbonyl (C=O) groups excluding carboxylic acids is 1. The van der Waals surface area contributed by atoms with Gasteiger partial charge in [0.15, 0.2) is 17.3 Å². The molecule has 2 rings (SSSR count). The molecule has 0 aromatic heterocycles. The van der Waals surface area contributed by atoms with Crippen LogP contribution in [-0.2, 0) is 10.1 Å². The minimum Gasteiger partial charge on any atom is -0.504 e. The molecule has 0 fully saturated rings. The van der Waals surface area contributed by atoms with Crippen LogP contribution in [0.1, 0.15) is 15.9 Å². The number of ketones is 1. The SMILES string of the molecule is COc1cc(/C=C/C(=O)c2ccc(S(=O)(=O)O)cc2)ccc1O. The van der Waals surface area contributed by atoms with E-state index in [-0.39, 0.29) is 27.7 Å². The predicted molar refractivity (Wildman–Crippen MR) is 84.3 cm³/mol. The molecule has 0 saturated heterocycles. The van der Waals surface area contributed by atoms with Crippen LogP contribution in [0, 0.1) is 0 Å². The Kier molecular flexibility index (Phi) is 4.83. The van der Waals surface area contributed by atoms with Gasteiger partial charge >= 0.3 is 0 Å². The molecule has 0 heterocycles. The lowest BCUT2D eigenvalue weighted by Crippen LogP contribution is -2.00. The number of hydrogen-bond donors (Lipinski definition) is 2. The van der Waals surface area contributed by atoms with Crippen molar-refractivity contribution in [3.63, 3.8) is 0 Å². The number of methoxy groups -OCH3 is 1. The summed E-state index contributed by atoms with van der Waals surface area (Å²) in [7, 11) is -2.86. The van der Waals surface area contributed by atoms with Crippen LogP contribution in [0.25, 0.3) is 6.08 Å². The van der Waals surface area contributed by atoms with E-state index in [0.717, 1.165) is 12.1 Å². The van der Waals surface area contributed by atoms with Crippen LogP contribution in [0.4, 0.5) is 0 Å². The molecule has 0 unspecified atom stereocenters. The number of aromatic hydroxyl groups is 1. The highest BCUT2D eigenvalue weighted by Crippen LogP contribution is 2.26. The van der Waals surface area contributed by atoms with Gasteiger partial charge in [0.25, 0.3) is 10.1 Å². The van der Waals surface area contributed by atoms with Gasteiger partial charge in [0.05, 0.1) is 12.0 Å². The average molecular weight is 334 g/mol. The maximum atomic E-state index is 12.0. The third-order valence-electron chi connectivity index (χ3n) is 3.07. The van der Waals surface area contributed by atoms with Gasteiger partial charge in [0.2, 0.25) is 0 Å². The first kappa shape index (κ1) is 16.7. The van der Waals surface area contributed by atoms with Crippen molar-refractivity contribution in [3.8, 4) is 11.5 Å². The van der Waals surface area contributed by atoms with Crippen LogP contribution < -0.4 is 4.74 Å². The highest BCUT2D eigenvalue weighted by atomic mass is 32.2. The second-order valence-electron chi connectivity index (χ2n) is 4.63. The minimum absolute atomic E-state index is 0.00298. The Morgan fingerprint density at radius 2 is 1.78 bits per heavy atom. The van der Waals surface area contributed by atoms with Crippen LogP contribution in [0.15, 0.2) is 53.4 Å². The van der Waals surface area contributed by atoms with Crippen LogP contribution in [0.2, 0.25) is 0 Å². The highest BCUT2D eigenvalue weighted by molar-refractivity contribution is 7.85. The molecule has 0 bridgehead atoms. The quantitative estimate of drug-likeness (QED) is 0.495. The molecule has 120 valence electrons. The van der Waals surface area contributed by atoms with E-state index in [2.05, 4.69) is 0 Å². The molecular formula is C16H14O6S. The summed E-state index contributed by atoms with van der Waals surface area (Å²) in [6.45, 7) is 0. The van der Waals surface area contributed by atoms with E-state index in [1.54, 1.807) is 18.2 Å². The number of allylic oxidation sites excluding steroid dienone is 1. The van der Waals surface area contributed by atoms with Crippen LogP contribution >= 0.6 is 0 Å². The second-order valence-corrected chi connectivity index (χ2v) is 6.05. The van der Waals surface area contributed by atoms with E-state index in [1.165, 1.54) is 31.4 Å². The van der Waals surface area contributed by atoms with Crippen molar-refractivity contribution in [2.45, 2.75) is 4.90 Å². The number of carbonyl (C=O) groups is 1. The third-order valence-corrected chi connectivity index (χ3v) is 3.94. The number of phenols is 1. The lowest BCUT2D eigenvalue weighted by molar-refractivity contribution is 0.104. The normalized spacial score (nSPS) is 11.6. The average Bonchev–Trinajstić information content (AvgIpc) is 2.53. The molecule has 0 spiro atoms. The fraction of sp³-hybridized carbons (Fsp3) is 0.0625. The standard InChI is InChI=1S/C16H14O6S/c1-22-16-10-11(3-9-15(16)18)2-8-14(17)12-4-6-13(7-5-12)23(19,20)21/h2-10,18H,1H3,(H,19,20,21)/b8-2+. The molecule has 0 aliphatic rings. The summed E-state index contributed by atoms with van der Waals surface area (Å²) in [6, 6.07) is 9.56. The highest BCUT2D eigenvalue weighted by Gasteiger charge is 2.10. The van der Waals surface area contributed by atoms with Crippen LogP contribution in [0.5, 0.6) is 11.5 Å². The first-order chi connectivity index (χ1) is 10.8. The zero-order valence-electron chi connectivity index (χ0n) is 12.1. The van der Waals surface area contributed by atoms with Gasteiger partial charge in [0.1, 0.15) is 0 Å². The Labute approximate surface area is 133 Å². The zero-order valence-corrected chi connectivity index (χ0v) is 12.9. The molecule has 0 amide bonds. The Morgan fingerprint density at radius 1 is 1.13 bits per heavy atom. The fourth-order valence-electron chi connectivity index (χ4n) is 1.86. The topological polar surface area (TPSA) is 101 Å². The van der Waals surface area contributed by atoms with E-state index in [9.17, 15) is 18.3 Å². The van der Waals surface area contributed by atoms with Crippen molar-refractivity contribution in [3.05, 3.63) is 59.7 Å². The third kappa shape index (κ3) is 4.18. The summed E-state index contributed by atoms with van der Waals surface area (Å²) in [6.07, 6.45) is 2.86. The van der Waals surface area contributed by atoms with Crippen molar-refractivity contribution in [2.75, 3.05) is 7.11 Å². The molecule has 0 saturated carbocycles. The molecule has 23 heavy (non-hydrogen) atoms. The van der Waals surface area contributed by atoms with Gasteiger partial charge in [-0.3, -0.25) is 9.35 Å². The number of ether oxygens (including phenoxy) is 1. The Morgan fingerprint density at radius 3 is 2.35 bits per heavy atom. The fourth-order valence-corrected chi connectivity index (χ4v) is 2.34. The van der Waals surface area contributed by atoms with Gasteiger partial charge in [-0.25, -0.2) is 0 Å². The van der Waals surface area contributed by atoms with Gasteiger partial charge in [-0.1, -0.05) is 12.1 Å². The van der Waals surface area contributed by atoms with Gasteiger partial charge < -0.3 is 9.84 Å². The molecule has 6 nitrogen and oxygen atoms in total. The van der Waals surface area contributed by atoms with Gasteiger partial charge in [-0.05, 0) is 48.0 Å². The monoisotopic (exact) mass is 334 g/mol. The minimum atomic E-state index is -4.28. The van der Waals surface area contributed by atoms with Crippen molar-refractivity contribution in [1.29, 1.82) is 0 Å². The van der Waals surface area contributed by atoms with Gasteiger partial charge in [0, 0.05) is 5.56 Å². The van der Waals surface area contributed by atoms with Crippen molar-refractivity contribution in [2.24, 2.45) is 0 Å². The summed E-state index contributed by atoms with van der Waals surface area (Å²) in [5.74, 6) is -0.0483. The smallest absolute Gasteiger partial charge is 0.294 e. The maximum absolute atomic E-state index is 12.0. The Balaban J connectivity index is 2.18. The number of phenolic OH excluding ortho intramolecular Hbond substituents is 1. The molecule has 2 aromatic carbocycles. The van der Waals surface area contributed by atoms with E-state index in [0.29, 0.717) is 5.56 Å². The number of benzene rings is 2. The molecular weight excluding hydrogens is 320 g/mol. The zero-order chi connectivity index (χ0) is 17.0. The molecule has 0 aliphatic carbocycles. The van der Waals surface area contributed by atoms with Crippen LogP contribution in [-0.4, -0.2) is 31.0 Å². The molecule has 0 atom stereocenters. The van der Waals surface area contributed by atoms with E-state index >= 15 is 0 Å². The summed E-state index contributed by atoms with van der Waals surface area (Å²) in [5.41, 5.74) is 0.932. The Bertz CT molecular complexity index is 851. The largest absolute Gasteiger partial charge is 0.504 e. The molecule has 2 N–H and O–H groups in total. The summed E-state index contributed by atoms with van der Waals surface area (Å²) < 4.78 is 35.7. The molecule has 0 aliphatic heterocycles. The summed E-state index contributed by atoms with van der Waals surface area (Å²) in [5, 5.41) is 9.50. The van der Waals surface area contributed by atoms with E-state index in [1.807, 2.05) is 0 Å². The lowest BCUT2D eigenvalue weighted by atomic mass is 10.1. The molecule has 0 radical (unpaired) electrons. The van der Waals surface area contributed by atoms with E-state index < -0.39 is 10.1 Å². The number of rotatable bonds is 5. The first-order valence-corrected chi connectivity index (χ1v) is 7.92. The summed E-state index contributed by atoms with van der Waals surface area (Å²) in [4.78, 5) is 11.7. The lowest BCUT2D eigenvalue weighted by Gasteiger charge is -2.03. The molecule has 7 heteroatoms. The van der Waals surface area contributed by atoms with Crippen molar-refractivity contribution in [1.82, 2.24) is 0 Å². The number of hydrogen-bond acceptors (Lipinski definition) is 5. The first-order valence-electron chi connectivity index (χ1n) is 6.48. The maximum Gasteiger partial charge on any atom is 0.294 e. The van der Waals surface area contributed by atoms with Crippen LogP contribution in [0.3, 0.4) is 0 Å². The van der Waals surface area contributed by atoms with Gasteiger partial charge in [-0.2, -0.15) is 8.42 Å².